The highest BCUT2D eigenvalue weighted by molar-refractivity contribution is 6.11. The molecule has 0 fully saturated rings. The van der Waals surface area contributed by atoms with Gasteiger partial charge in [0.1, 0.15) is 31.0 Å². The summed E-state index contributed by atoms with van der Waals surface area (Å²) in [5.41, 5.74) is 1.16. The molecule has 4 heterocycles. The standard InChI is InChI=1S/C23H17FN2O4/c24-20-19-17(11-18-21(20)29-10-9-28-18)30-13-23(19)15-6-1-2-7-16(15)26(22(23)27)12-14-5-3-4-8-25-14/h1-8,11H,9-10,12-13H2. The zero-order valence-electron chi connectivity index (χ0n) is 15.9. The van der Waals surface area contributed by atoms with Crippen molar-refractivity contribution in [3.63, 3.8) is 0 Å². The van der Waals surface area contributed by atoms with Crippen LogP contribution in [0.3, 0.4) is 0 Å². The average molecular weight is 404 g/mol. The van der Waals surface area contributed by atoms with Gasteiger partial charge in [-0.1, -0.05) is 24.3 Å². The number of halogens is 1. The number of rotatable bonds is 2. The Kier molecular flexibility index (Phi) is 3.56. The maximum atomic E-state index is 15.7. The molecular formula is C23H17FN2O4. The van der Waals surface area contributed by atoms with Crippen LogP contribution in [0.2, 0.25) is 0 Å². The first-order valence-electron chi connectivity index (χ1n) is 9.77. The summed E-state index contributed by atoms with van der Waals surface area (Å²) in [6.07, 6.45) is 1.69. The minimum absolute atomic E-state index is 0.0245. The fraction of sp³-hybridized carbons (Fsp3) is 0.217. The van der Waals surface area contributed by atoms with Crippen LogP contribution in [-0.4, -0.2) is 30.7 Å². The molecule has 3 aliphatic heterocycles. The number of para-hydroxylation sites is 1. The highest BCUT2D eigenvalue weighted by Gasteiger charge is 2.59. The Balaban J connectivity index is 1.54. The van der Waals surface area contributed by atoms with Crippen LogP contribution in [-0.2, 0) is 16.8 Å². The third-order valence-corrected chi connectivity index (χ3v) is 5.92. The summed E-state index contributed by atoms with van der Waals surface area (Å²) in [5, 5.41) is 0. The molecular weight excluding hydrogens is 387 g/mol. The molecule has 7 heteroatoms. The predicted octanol–water partition coefficient (Wildman–Crippen LogP) is 3.22. The van der Waals surface area contributed by atoms with Gasteiger partial charge >= 0.3 is 0 Å². The molecule has 1 amide bonds. The number of aromatic nitrogens is 1. The number of nitrogens with zero attached hydrogens (tertiary/aromatic N) is 2. The zero-order valence-corrected chi connectivity index (χ0v) is 15.9. The van der Waals surface area contributed by atoms with Gasteiger partial charge in [0, 0.05) is 18.0 Å². The summed E-state index contributed by atoms with van der Waals surface area (Å²) in [6, 6.07) is 14.6. The van der Waals surface area contributed by atoms with E-state index < -0.39 is 11.2 Å². The van der Waals surface area contributed by atoms with E-state index in [1.54, 1.807) is 17.2 Å². The van der Waals surface area contributed by atoms with Gasteiger partial charge in [0.15, 0.2) is 17.3 Å². The molecule has 1 unspecified atom stereocenters. The Morgan fingerprint density at radius 1 is 1.03 bits per heavy atom. The van der Waals surface area contributed by atoms with Crippen molar-refractivity contribution in [2.24, 2.45) is 0 Å². The van der Waals surface area contributed by atoms with Gasteiger partial charge in [0.25, 0.3) is 0 Å². The smallest absolute Gasteiger partial charge is 0.246 e. The van der Waals surface area contributed by atoms with E-state index in [1.165, 1.54) is 0 Å². The third-order valence-electron chi connectivity index (χ3n) is 5.92. The summed E-state index contributed by atoms with van der Waals surface area (Å²) in [6.45, 7) is 0.916. The Labute approximate surface area is 171 Å². The molecule has 0 saturated carbocycles. The summed E-state index contributed by atoms with van der Waals surface area (Å²) < 4.78 is 32.6. The third kappa shape index (κ3) is 2.17. The number of carbonyl (C=O) groups excluding carboxylic acids is 1. The lowest BCUT2D eigenvalue weighted by Gasteiger charge is -2.25. The molecule has 2 aromatic carbocycles. The van der Waals surface area contributed by atoms with E-state index in [0.717, 1.165) is 16.9 Å². The number of pyridine rings is 1. The molecule has 30 heavy (non-hydrogen) atoms. The van der Waals surface area contributed by atoms with Crippen molar-refractivity contribution in [3.8, 4) is 17.2 Å². The van der Waals surface area contributed by atoms with Crippen LogP contribution in [0.4, 0.5) is 10.1 Å². The van der Waals surface area contributed by atoms with Crippen LogP contribution < -0.4 is 19.1 Å². The van der Waals surface area contributed by atoms with Crippen molar-refractivity contribution in [3.05, 3.63) is 77.4 Å². The first-order chi connectivity index (χ1) is 14.7. The fourth-order valence-corrected chi connectivity index (χ4v) is 4.61. The van der Waals surface area contributed by atoms with E-state index in [-0.39, 0.29) is 30.4 Å². The van der Waals surface area contributed by atoms with Crippen molar-refractivity contribution >= 4 is 11.6 Å². The first-order valence-corrected chi connectivity index (χ1v) is 9.77. The average Bonchev–Trinajstić information content (AvgIpc) is 3.28. The number of anilines is 1. The summed E-state index contributed by atoms with van der Waals surface area (Å²) in [4.78, 5) is 19.9. The molecule has 0 N–H and O–H groups in total. The van der Waals surface area contributed by atoms with Crippen molar-refractivity contribution in [1.82, 2.24) is 4.98 Å². The van der Waals surface area contributed by atoms with Crippen LogP contribution in [0.5, 0.6) is 17.2 Å². The monoisotopic (exact) mass is 404 g/mol. The maximum absolute atomic E-state index is 15.7. The summed E-state index contributed by atoms with van der Waals surface area (Å²) in [5.74, 6) is -0.164. The van der Waals surface area contributed by atoms with Gasteiger partial charge in [-0.2, -0.15) is 0 Å². The first kappa shape index (κ1) is 17.3. The molecule has 3 aromatic rings. The summed E-state index contributed by atoms with van der Waals surface area (Å²) in [7, 11) is 0. The molecule has 0 aliphatic carbocycles. The van der Waals surface area contributed by atoms with Crippen molar-refractivity contribution in [1.29, 1.82) is 0 Å². The van der Waals surface area contributed by atoms with Crippen LogP contribution >= 0.6 is 0 Å². The minimum atomic E-state index is -1.26. The minimum Gasteiger partial charge on any atom is -0.491 e. The van der Waals surface area contributed by atoms with Gasteiger partial charge in [-0.15, -0.1) is 0 Å². The summed E-state index contributed by atoms with van der Waals surface area (Å²) >= 11 is 0. The number of hydrogen-bond donors (Lipinski definition) is 0. The van der Waals surface area contributed by atoms with E-state index in [1.807, 2.05) is 42.5 Å². The van der Waals surface area contributed by atoms with Gasteiger partial charge in [0.2, 0.25) is 5.91 Å². The largest absolute Gasteiger partial charge is 0.491 e. The van der Waals surface area contributed by atoms with Crippen LogP contribution in [0.1, 0.15) is 16.8 Å². The van der Waals surface area contributed by atoms with Crippen LogP contribution in [0, 0.1) is 5.82 Å². The molecule has 0 radical (unpaired) electrons. The Hall–Kier alpha value is -3.61. The maximum Gasteiger partial charge on any atom is 0.246 e. The second kappa shape index (κ2) is 6.19. The second-order valence-corrected chi connectivity index (χ2v) is 7.51. The van der Waals surface area contributed by atoms with Gasteiger partial charge in [-0.05, 0) is 23.8 Å². The van der Waals surface area contributed by atoms with Gasteiger partial charge in [0.05, 0.1) is 17.8 Å². The van der Waals surface area contributed by atoms with E-state index in [4.69, 9.17) is 14.2 Å². The van der Waals surface area contributed by atoms with E-state index >= 15 is 4.39 Å². The lowest BCUT2D eigenvalue weighted by molar-refractivity contribution is -0.122. The van der Waals surface area contributed by atoms with Gasteiger partial charge in [-0.25, -0.2) is 4.39 Å². The topological polar surface area (TPSA) is 60.9 Å². The molecule has 1 spiro atoms. The van der Waals surface area contributed by atoms with E-state index in [2.05, 4.69) is 4.98 Å². The van der Waals surface area contributed by atoms with Gasteiger partial charge in [-0.3, -0.25) is 9.78 Å². The molecule has 3 aliphatic rings. The molecule has 0 bridgehead atoms. The molecule has 1 aromatic heterocycles. The number of ether oxygens (including phenoxy) is 3. The van der Waals surface area contributed by atoms with Crippen molar-refractivity contribution < 1.29 is 23.4 Å². The quantitative estimate of drug-likeness (QED) is 0.657. The lowest BCUT2D eigenvalue weighted by Crippen LogP contribution is -2.43. The van der Waals surface area contributed by atoms with Crippen LogP contribution in [0.15, 0.2) is 54.7 Å². The van der Waals surface area contributed by atoms with Crippen molar-refractivity contribution in [2.45, 2.75) is 12.0 Å². The number of amides is 1. The second-order valence-electron chi connectivity index (χ2n) is 7.51. The highest BCUT2D eigenvalue weighted by atomic mass is 19.1. The predicted molar refractivity (Wildman–Crippen MR) is 106 cm³/mol. The Morgan fingerprint density at radius 2 is 1.87 bits per heavy atom. The molecule has 6 nitrogen and oxygen atoms in total. The van der Waals surface area contributed by atoms with E-state index in [0.29, 0.717) is 24.7 Å². The number of fused-ring (bicyclic) bond motifs is 5. The molecule has 1 atom stereocenters. The zero-order chi connectivity index (χ0) is 20.3. The fourth-order valence-electron chi connectivity index (χ4n) is 4.61. The van der Waals surface area contributed by atoms with E-state index in [9.17, 15) is 4.79 Å². The number of carbonyl (C=O) groups is 1. The highest BCUT2D eigenvalue weighted by Crippen LogP contribution is 2.56. The normalized spacial score (nSPS) is 20.8. The van der Waals surface area contributed by atoms with Crippen molar-refractivity contribution in [2.75, 3.05) is 24.7 Å². The lowest BCUT2D eigenvalue weighted by atomic mass is 9.76. The van der Waals surface area contributed by atoms with Gasteiger partial charge < -0.3 is 19.1 Å². The molecule has 150 valence electrons. The molecule has 6 rings (SSSR count). The SMILES string of the molecule is O=C1N(Cc2ccccn2)c2ccccc2C12COc1cc3c(c(F)c12)OCCO3. The number of benzene rings is 2. The number of hydrogen-bond acceptors (Lipinski definition) is 5. The Bertz CT molecular complexity index is 1180. The molecule has 0 saturated heterocycles. The Morgan fingerprint density at radius 3 is 2.73 bits per heavy atom. The van der Waals surface area contributed by atoms with Crippen LogP contribution in [0.25, 0.3) is 0 Å².